The summed E-state index contributed by atoms with van der Waals surface area (Å²) in [6.45, 7) is 0.774. The van der Waals surface area contributed by atoms with E-state index in [4.69, 9.17) is 4.74 Å². The lowest BCUT2D eigenvalue weighted by molar-refractivity contribution is 0.0685. The summed E-state index contributed by atoms with van der Waals surface area (Å²) in [6.07, 6.45) is -1.15. The summed E-state index contributed by atoms with van der Waals surface area (Å²) < 4.78 is 43.6. The van der Waals surface area contributed by atoms with E-state index in [9.17, 15) is 18.0 Å². The normalized spacial score (nSPS) is 17.5. The standard InChI is InChI=1S/C16H16F3N3O2/c17-10-3-5-12(6-4-10)24-9-11-2-1-7-22(11)16(23)14-8-13(15(18)19)20-21-14/h3-6,8,11,15H,1-2,7,9H2,(H,20,21)/t11-/m0/s1. The van der Waals surface area contributed by atoms with Gasteiger partial charge in [-0.25, -0.2) is 13.2 Å². The number of aromatic nitrogens is 2. The van der Waals surface area contributed by atoms with Gasteiger partial charge in [-0.05, 0) is 43.2 Å². The van der Waals surface area contributed by atoms with Crippen molar-refractivity contribution in [2.45, 2.75) is 25.3 Å². The number of likely N-dealkylation sites (tertiary alicyclic amines) is 1. The quantitative estimate of drug-likeness (QED) is 0.910. The largest absolute Gasteiger partial charge is 0.491 e. The summed E-state index contributed by atoms with van der Waals surface area (Å²) in [5, 5.41) is 5.84. The van der Waals surface area contributed by atoms with Crippen molar-refractivity contribution in [3.63, 3.8) is 0 Å². The second-order valence-corrected chi connectivity index (χ2v) is 5.57. The number of rotatable bonds is 5. The molecule has 1 atom stereocenters. The fourth-order valence-corrected chi connectivity index (χ4v) is 2.70. The highest BCUT2D eigenvalue weighted by molar-refractivity contribution is 5.92. The molecular weight excluding hydrogens is 323 g/mol. The van der Waals surface area contributed by atoms with Crippen LogP contribution < -0.4 is 4.74 Å². The van der Waals surface area contributed by atoms with Gasteiger partial charge in [-0.3, -0.25) is 9.89 Å². The molecule has 0 aliphatic carbocycles. The van der Waals surface area contributed by atoms with Crippen LogP contribution >= 0.6 is 0 Å². The Hall–Kier alpha value is -2.51. The van der Waals surface area contributed by atoms with Gasteiger partial charge in [0.2, 0.25) is 0 Å². The maximum atomic E-state index is 12.9. The Bertz CT molecular complexity index is 703. The number of hydrogen-bond acceptors (Lipinski definition) is 3. The fourth-order valence-electron chi connectivity index (χ4n) is 2.70. The van der Waals surface area contributed by atoms with Gasteiger partial charge in [0.1, 0.15) is 23.9 Å². The molecule has 1 aliphatic rings. The van der Waals surface area contributed by atoms with Crippen molar-refractivity contribution in [1.82, 2.24) is 15.1 Å². The average Bonchev–Trinajstić information content (AvgIpc) is 3.23. The highest BCUT2D eigenvalue weighted by Gasteiger charge is 2.31. The number of alkyl halides is 2. The molecule has 3 rings (SSSR count). The lowest BCUT2D eigenvalue weighted by Gasteiger charge is -2.24. The Morgan fingerprint density at radius 3 is 2.79 bits per heavy atom. The minimum atomic E-state index is -2.70. The Morgan fingerprint density at radius 2 is 2.12 bits per heavy atom. The number of nitrogens with zero attached hydrogens (tertiary/aromatic N) is 2. The lowest BCUT2D eigenvalue weighted by atomic mass is 10.2. The molecule has 1 fully saturated rings. The number of halogens is 3. The van der Waals surface area contributed by atoms with Crippen LogP contribution in [0, 0.1) is 5.82 Å². The molecule has 0 unspecified atom stereocenters. The fraction of sp³-hybridized carbons (Fsp3) is 0.375. The molecule has 0 radical (unpaired) electrons. The molecule has 1 aliphatic heterocycles. The smallest absolute Gasteiger partial charge is 0.279 e. The first-order chi connectivity index (χ1) is 11.5. The molecular formula is C16H16F3N3O2. The predicted octanol–water partition coefficient (Wildman–Crippen LogP) is 3.17. The molecule has 128 valence electrons. The number of carbonyl (C=O) groups is 1. The van der Waals surface area contributed by atoms with Gasteiger partial charge in [0.05, 0.1) is 6.04 Å². The van der Waals surface area contributed by atoms with E-state index in [1.165, 1.54) is 24.3 Å². The predicted molar refractivity (Wildman–Crippen MR) is 79.5 cm³/mol. The van der Waals surface area contributed by atoms with E-state index < -0.39 is 12.3 Å². The lowest BCUT2D eigenvalue weighted by Crippen LogP contribution is -2.39. The molecule has 5 nitrogen and oxygen atoms in total. The number of benzene rings is 1. The first-order valence-electron chi connectivity index (χ1n) is 7.57. The Labute approximate surface area is 136 Å². The summed E-state index contributed by atoms with van der Waals surface area (Å²) in [4.78, 5) is 14.0. The maximum absolute atomic E-state index is 12.9. The Kier molecular flexibility index (Phi) is 4.73. The highest BCUT2D eigenvalue weighted by atomic mass is 19.3. The summed E-state index contributed by atoms with van der Waals surface area (Å²) in [5.74, 6) is -0.243. The van der Waals surface area contributed by atoms with E-state index in [0.717, 1.165) is 18.9 Å². The second kappa shape index (κ2) is 6.94. The third-order valence-electron chi connectivity index (χ3n) is 3.95. The van der Waals surface area contributed by atoms with Crippen LogP contribution in [0.4, 0.5) is 13.2 Å². The number of amides is 1. The van der Waals surface area contributed by atoms with Crippen molar-refractivity contribution in [2.75, 3.05) is 13.2 Å². The van der Waals surface area contributed by atoms with Crippen LogP contribution in [-0.4, -0.2) is 40.2 Å². The molecule has 0 saturated carbocycles. The zero-order valence-electron chi connectivity index (χ0n) is 12.7. The van der Waals surface area contributed by atoms with E-state index in [1.807, 2.05) is 0 Å². The molecule has 0 bridgehead atoms. The van der Waals surface area contributed by atoms with E-state index in [2.05, 4.69) is 10.2 Å². The van der Waals surface area contributed by atoms with E-state index in [0.29, 0.717) is 12.3 Å². The number of carbonyl (C=O) groups excluding carboxylic acids is 1. The monoisotopic (exact) mass is 339 g/mol. The van der Waals surface area contributed by atoms with Gasteiger partial charge in [0.25, 0.3) is 12.3 Å². The zero-order chi connectivity index (χ0) is 17.1. The average molecular weight is 339 g/mol. The van der Waals surface area contributed by atoms with Crippen LogP contribution in [0.25, 0.3) is 0 Å². The second-order valence-electron chi connectivity index (χ2n) is 5.57. The van der Waals surface area contributed by atoms with Crippen molar-refractivity contribution in [1.29, 1.82) is 0 Å². The van der Waals surface area contributed by atoms with Crippen LogP contribution in [0.5, 0.6) is 5.75 Å². The number of aromatic amines is 1. The Morgan fingerprint density at radius 1 is 1.38 bits per heavy atom. The van der Waals surface area contributed by atoms with Crippen molar-refractivity contribution in [2.24, 2.45) is 0 Å². The maximum Gasteiger partial charge on any atom is 0.279 e. The number of nitrogens with one attached hydrogen (secondary N) is 1. The van der Waals surface area contributed by atoms with Crippen molar-refractivity contribution in [3.05, 3.63) is 47.5 Å². The van der Waals surface area contributed by atoms with Gasteiger partial charge >= 0.3 is 0 Å². The third-order valence-corrected chi connectivity index (χ3v) is 3.95. The molecule has 2 heterocycles. The molecule has 1 aromatic heterocycles. The zero-order valence-corrected chi connectivity index (χ0v) is 12.7. The molecule has 8 heteroatoms. The van der Waals surface area contributed by atoms with Crippen LogP contribution in [0.2, 0.25) is 0 Å². The van der Waals surface area contributed by atoms with Gasteiger partial charge in [-0.15, -0.1) is 0 Å². The summed E-state index contributed by atoms with van der Waals surface area (Å²) in [7, 11) is 0. The van der Waals surface area contributed by atoms with Crippen LogP contribution in [0.3, 0.4) is 0 Å². The van der Waals surface area contributed by atoms with Gasteiger partial charge in [-0.1, -0.05) is 0 Å². The molecule has 1 saturated heterocycles. The molecule has 1 N–H and O–H groups in total. The first-order valence-corrected chi connectivity index (χ1v) is 7.57. The van der Waals surface area contributed by atoms with Gasteiger partial charge in [0, 0.05) is 6.54 Å². The van der Waals surface area contributed by atoms with Crippen LogP contribution in [0.15, 0.2) is 30.3 Å². The minimum Gasteiger partial charge on any atom is -0.491 e. The minimum absolute atomic E-state index is 0.0287. The molecule has 24 heavy (non-hydrogen) atoms. The SMILES string of the molecule is O=C(c1cc(C(F)F)[nH]n1)N1CCC[C@H]1COc1ccc(F)cc1. The molecule has 1 aromatic carbocycles. The van der Waals surface area contributed by atoms with Crippen LogP contribution in [-0.2, 0) is 0 Å². The Balaban J connectivity index is 1.63. The number of hydrogen-bond donors (Lipinski definition) is 1. The van der Waals surface area contributed by atoms with E-state index >= 15 is 0 Å². The molecule has 1 amide bonds. The highest BCUT2D eigenvalue weighted by Crippen LogP contribution is 2.23. The van der Waals surface area contributed by atoms with Crippen molar-refractivity contribution >= 4 is 5.91 Å². The van der Waals surface area contributed by atoms with Crippen LogP contribution in [0.1, 0.15) is 35.4 Å². The van der Waals surface area contributed by atoms with Gasteiger partial charge in [0.15, 0.2) is 5.69 Å². The van der Waals surface area contributed by atoms with Gasteiger partial charge < -0.3 is 9.64 Å². The van der Waals surface area contributed by atoms with Gasteiger partial charge in [-0.2, -0.15) is 5.10 Å². The van der Waals surface area contributed by atoms with Crippen molar-refractivity contribution in [3.8, 4) is 5.75 Å². The summed E-state index contributed by atoms with van der Waals surface area (Å²) >= 11 is 0. The summed E-state index contributed by atoms with van der Waals surface area (Å²) in [6, 6.07) is 6.51. The van der Waals surface area contributed by atoms with E-state index in [-0.39, 0.29) is 29.9 Å². The third kappa shape index (κ3) is 3.52. The molecule has 2 aromatic rings. The summed E-state index contributed by atoms with van der Waals surface area (Å²) in [5.41, 5.74) is -0.407. The topological polar surface area (TPSA) is 58.2 Å². The van der Waals surface area contributed by atoms with E-state index in [1.54, 1.807) is 4.90 Å². The molecule has 0 spiro atoms. The first kappa shape index (κ1) is 16.4. The number of H-pyrrole nitrogens is 1. The number of ether oxygens (including phenoxy) is 1. The van der Waals surface area contributed by atoms with Crippen molar-refractivity contribution < 1.29 is 22.7 Å².